The molecule has 2 atom stereocenters. The lowest BCUT2D eigenvalue weighted by Crippen LogP contribution is -2.42. The molecule has 1 fully saturated rings. The second-order valence-electron chi connectivity index (χ2n) is 5.29. The Balaban J connectivity index is 2.35. The van der Waals surface area contributed by atoms with Crippen molar-refractivity contribution in [3.8, 4) is 0 Å². The van der Waals surface area contributed by atoms with Crippen molar-refractivity contribution in [3.05, 3.63) is 29.3 Å². The molecule has 0 amide bonds. The molecule has 0 radical (unpaired) electrons. The van der Waals surface area contributed by atoms with Crippen LogP contribution in [0.3, 0.4) is 0 Å². The topological polar surface area (TPSA) is 82.1 Å². The molecule has 1 aromatic carbocycles. The average molecular weight is 263 g/mol. The van der Waals surface area contributed by atoms with Crippen LogP contribution in [0.4, 0.5) is 5.69 Å². The average Bonchev–Trinajstić information content (AvgIpc) is 2.41. The van der Waals surface area contributed by atoms with E-state index >= 15 is 0 Å². The molecule has 5 nitrogen and oxygen atoms in total. The first kappa shape index (κ1) is 13.7. The van der Waals surface area contributed by atoms with Crippen LogP contribution in [0.25, 0.3) is 0 Å². The van der Waals surface area contributed by atoms with Gasteiger partial charge in [0.05, 0.1) is 6.10 Å². The van der Waals surface area contributed by atoms with E-state index in [-0.39, 0.29) is 17.9 Å². The van der Waals surface area contributed by atoms with Crippen molar-refractivity contribution in [2.45, 2.75) is 26.4 Å². The van der Waals surface area contributed by atoms with E-state index in [9.17, 15) is 5.11 Å². The summed E-state index contributed by atoms with van der Waals surface area (Å²) in [5.41, 5.74) is 8.57. The molecule has 0 aliphatic carbocycles. The number of rotatable bonds is 2. The standard InChI is InChI=1S/C14H21N3O2/c1-9-3-4-11(14(15)16-19)12(7-9)17-6-5-13(18)10(2)8-17/h3-4,7,10,13,18-19H,5-6,8H2,1-2H3,(H2,15,16). The number of aliphatic hydroxyl groups excluding tert-OH is 1. The minimum atomic E-state index is -0.242. The Kier molecular flexibility index (Phi) is 3.95. The summed E-state index contributed by atoms with van der Waals surface area (Å²) >= 11 is 0. The van der Waals surface area contributed by atoms with Gasteiger partial charge in [0.2, 0.25) is 0 Å². The second-order valence-corrected chi connectivity index (χ2v) is 5.29. The number of amidine groups is 1. The Morgan fingerprint density at radius 2 is 2.21 bits per heavy atom. The van der Waals surface area contributed by atoms with E-state index in [2.05, 4.69) is 10.1 Å². The molecule has 1 aliphatic heterocycles. The quantitative estimate of drug-likeness (QED) is 0.325. The Labute approximate surface area is 113 Å². The highest BCUT2D eigenvalue weighted by atomic mass is 16.4. The van der Waals surface area contributed by atoms with Gasteiger partial charge in [0.15, 0.2) is 5.84 Å². The van der Waals surface area contributed by atoms with Crippen molar-refractivity contribution >= 4 is 11.5 Å². The van der Waals surface area contributed by atoms with Gasteiger partial charge in [-0.3, -0.25) is 0 Å². The van der Waals surface area contributed by atoms with E-state index in [0.717, 1.165) is 36.3 Å². The number of aryl methyl sites for hydroxylation is 1. The lowest BCUT2D eigenvalue weighted by molar-refractivity contribution is 0.0971. The van der Waals surface area contributed by atoms with Gasteiger partial charge in [-0.2, -0.15) is 0 Å². The smallest absolute Gasteiger partial charge is 0.172 e. The maximum absolute atomic E-state index is 9.81. The minimum absolute atomic E-state index is 0.119. The first-order chi connectivity index (χ1) is 9.02. The summed E-state index contributed by atoms with van der Waals surface area (Å²) in [5, 5.41) is 21.8. The fraction of sp³-hybridized carbons (Fsp3) is 0.500. The summed E-state index contributed by atoms with van der Waals surface area (Å²) in [4.78, 5) is 2.19. The zero-order chi connectivity index (χ0) is 14.0. The third-order valence-electron chi connectivity index (χ3n) is 3.74. The number of nitrogens with two attached hydrogens (primary N) is 1. The van der Waals surface area contributed by atoms with E-state index in [1.165, 1.54) is 0 Å². The molecule has 1 aromatic rings. The Morgan fingerprint density at radius 1 is 1.47 bits per heavy atom. The molecule has 104 valence electrons. The monoisotopic (exact) mass is 263 g/mol. The molecule has 0 saturated carbocycles. The Hall–Kier alpha value is -1.75. The van der Waals surface area contributed by atoms with Crippen LogP contribution in [0.15, 0.2) is 23.4 Å². The van der Waals surface area contributed by atoms with E-state index in [4.69, 9.17) is 10.9 Å². The molecule has 0 spiro atoms. The van der Waals surface area contributed by atoms with Gasteiger partial charge in [-0.1, -0.05) is 18.1 Å². The van der Waals surface area contributed by atoms with E-state index < -0.39 is 0 Å². The number of benzene rings is 1. The first-order valence-electron chi connectivity index (χ1n) is 6.54. The predicted molar refractivity (Wildman–Crippen MR) is 75.7 cm³/mol. The van der Waals surface area contributed by atoms with Crippen LogP contribution < -0.4 is 10.6 Å². The SMILES string of the molecule is Cc1ccc(/C(N)=N/O)c(N2CCC(O)C(C)C2)c1. The highest BCUT2D eigenvalue weighted by molar-refractivity contribution is 6.02. The summed E-state index contributed by atoms with van der Waals surface area (Å²) in [7, 11) is 0. The maximum atomic E-state index is 9.81. The number of hydrogen-bond donors (Lipinski definition) is 3. The molecule has 0 aromatic heterocycles. The zero-order valence-corrected chi connectivity index (χ0v) is 11.4. The number of nitrogens with zero attached hydrogens (tertiary/aromatic N) is 2. The van der Waals surface area contributed by atoms with Crippen molar-refractivity contribution in [1.29, 1.82) is 0 Å². The molecule has 1 saturated heterocycles. The molecule has 0 bridgehead atoms. The van der Waals surface area contributed by atoms with E-state index in [1.54, 1.807) is 0 Å². The first-order valence-corrected chi connectivity index (χ1v) is 6.54. The highest BCUT2D eigenvalue weighted by Crippen LogP contribution is 2.27. The van der Waals surface area contributed by atoms with Gasteiger partial charge in [-0.15, -0.1) is 0 Å². The molecular weight excluding hydrogens is 242 g/mol. The highest BCUT2D eigenvalue weighted by Gasteiger charge is 2.26. The molecular formula is C14H21N3O2. The summed E-state index contributed by atoms with van der Waals surface area (Å²) < 4.78 is 0. The van der Waals surface area contributed by atoms with Gasteiger partial charge < -0.3 is 20.9 Å². The van der Waals surface area contributed by atoms with Gasteiger partial charge in [0.25, 0.3) is 0 Å². The Bertz CT molecular complexity index is 488. The summed E-state index contributed by atoms with van der Waals surface area (Å²) in [5.74, 6) is 0.336. The largest absolute Gasteiger partial charge is 0.409 e. The van der Waals surface area contributed by atoms with Crippen LogP contribution in [0.5, 0.6) is 0 Å². The van der Waals surface area contributed by atoms with Gasteiger partial charge in [-0.05, 0) is 37.0 Å². The lowest BCUT2D eigenvalue weighted by atomic mass is 9.95. The molecule has 4 N–H and O–H groups in total. The van der Waals surface area contributed by atoms with Crippen molar-refractivity contribution in [2.24, 2.45) is 16.8 Å². The lowest BCUT2D eigenvalue weighted by Gasteiger charge is -2.37. The predicted octanol–water partition coefficient (Wildman–Crippen LogP) is 1.30. The number of oxime groups is 1. The summed E-state index contributed by atoms with van der Waals surface area (Å²) in [6, 6.07) is 5.85. The van der Waals surface area contributed by atoms with E-state index in [1.807, 2.05) is 32.0 Å². The normalized spacial score (nSPS) is 24.6. The van der Waals surface area contributed by atoms with Crippen molar-refractivity contribution < 1.29 is 10.3 Å². The second kappa shape index (κ2) is 5.48. The van der Waals surface area contributed by atoms with Crippen LogP contribution in [-0.2, 0) is 0 Å². The van der Waals surface area contributed by atoms with Crippen molar-refractivity contribution in [1.82, 2.24) is 0 Å². The van der Waals surface area contributed by atoms with Gasteiger partial charge in [0.1, 0.15) is 0 Å². The van der Waals surface area contributed by atoms with Gasteiger partial charge in [0, 0.05) is 24.3 Å². The fourth-order valence-electron chi connectivity index (χ4n) is 2.53. The third-order valence-corrected chi connectivity index (χ3v) is 3.74. The third kappa shape index (κ3) is 2.81. The molecule has 5 heteroatoms. The number of piperidine rings is 1. The van der Waals surface area contributed by atoms with Crippen LogP contribution >= 0.6 is 0 Å². The van der Waals surface area contributed by atoms with E-state index in [0.29, 0.717) is 0 Å². The fourth-order valence-corrected chi connectivity index (χ4v) is 2.53. The van der Waals surface area contributed by atoms with Gasteiger partial charge in [-0.25, -0.2) is 0 Å². The number of hydrogen-bond acceptors (Lipinski definition) is 4. The van der Waals surface area contributed by atoms with Crippen molar-refractivity contribution in [2.75, 3.05) is 18.0 Å². The van der Waals surface area contributed by atoms with Crippen LogP contribution in [0, 0.1) is 12.8 Å². The molecule has 2 rings (SSSR count). The molecule has 2 unspecified atom stereocenters. The van der Waals surface area contributed by atoms with Gasteiger partial charge >= 0.3 is 0 Å². The molecule has 1 heterocycles. The number of anilines is 1. The van der Waals surface area contributed by atoms with Crippen LogP contribution in [-0.4, -0.2) is 35.3 Å². The Morgan fingerprint density at radius 3 is 2.84 bits per heavy atom. The molecule has 19 heavy (non-hydrogen) atoms. The van der Waals surface area contributed by atoms with Crippen LogP contribution in [0.1, 0.15) is 24.5 Å². The van der Waals surface area contributed by atoms with Crippen LogP contribution in [0.2, 0.25) is 0 Å². The number of aliphatic hydroxyl groups is 1. The van der Waals surface area contributed by atoms with Crippen molar-refractivity contribution in [3.63, 3.8) is 0 Å². The maximum Gasteiger partial charge on any atom is 0.172 e. The zero-order valence-electron chi connectivity index (χ0n) is 11.4. The molecule has 1 aliphatic rings. The minimum Gasteiger partial charge on any atom is -0.409 e. The summed E-state index contributed by atoms with van der Waals surface area (Å²) in [6.45, 7) is 5.61. The summed E-state index contributed by atoms with van der Waals surface area (Å²) in [6.07, 6.45) is 0.499.